The van der Waals surface area contributed by atoms with Crippen molar-refractivity contribution in [3.63, 3.8) is 0 Å². The molecule has 1 rings (SSSR count). The van der Waals surface area contributed by atoms with E-state index in [1.165, 1.54) is 62.9 Å². The molecule has 0 bridgehead atoms. The van der Waals surface area contributed by atoms with Crippen molar-refractivity contribution in [1.29, 1.82) is 0 Å². The molecule has 0 aromatic carbocycles. The number of amides is 2. The largest absolute Gasteiger partial charge is 0.343 e. The summed E-state index contributed by atoms with van der Waals surface area (Å²) in [6.45, 7) is 12.0. The highest BCUT2D eigenvalue weighted by atomic mass is 16.7. The lowest BCUT2D eigenvalue weighted by Crippen LogP contribution is -2.63. The fraction of sp³-hybridized carbons (Fsp3) is 0.958. The van der Waals surface area contributed by atoms with Crippen LogP contribution in [0.15, 0.2) is 0 Å². The average molecular weight is 412 g/mol. The zero-order chi connectivity index (χ0) is 21.9. The van der Waals surface area contributed by atoms with Crippen molar-refractivity contribution in [1.82, 2.24) is 15.3 Å². The molecule has 0 aromatic heterocycles. The molecule has 5 nitrogen and oxygen atoms in total. The number of urea groups is 1. The maximum Gasteiger partial charge on any atom is 0.343 e. The maximum absolute atomic E-state index is 13.0. The molecule has 0 aliphatic carbocycles. The Morgan fingerprint density at radius 3 is 1.79 bits per heavy atom. The summed E-state index contributed by atoms with van der Waals surface area (Å²) in [5.41, 5.74) is 0.0444. The summed E-state index contributed by atoms with van der Waals surface area (Å²) in [5, 5.41) is 5.10. The van der Waals surface area contributed by atoms with Crippen molar-refractivity contribution in [2.75, 3.05) is 20.7 Å². The number of nitrogens with one attached hydrogen (secondary N) is 1. The quantitative estimate of drug-likeness (QED) is 0.293. The lowest BCUT2D eigenvalue weighted by Gasteiger charge is -2.50. The van der Waals surface area contributed by atoms with E-state index in [9.17, 15) is 4.79 Å². The Labute approximate surface area is 180 Å². The minimum absolute atomic E-state index is 0.0121. The molecule has 5 heteroatoms. The Balaban J connectivity index is 2.50. The minimum Gasteiger partial charge on any atom is -0.320 e. The van der Waals surface area contributed by atoms with Crippen LogP contribution >= 0.6 is 0 Å². The zero-order valence-electron chi connectivity index (χ0n) is 20.5. The van der Waals surface area contributed by atoms with Crippen LogP contribution in [0.3, 0.4) is 0 Å². The van der Waals surface area contributed by atoms with Gasteiger partial charge >= 0.3 is 6.03 Å². The normalized spacial score (nSPS) is 18.6. The lowest BCUT2D eigenvalue weighted by atomic mass is 9.79. The number of hydrogen-bond acceptors (Lipinski definition) is 3. The van der Waals surface area contributed by atoms with E-state index in [1.807, 2.05) is 0 Å². The number of hydrogen-bond donors (Lipinski definition) is 1. The smallest absolute Gasteiger partial charge is 0.320 e. The van der Waals surface area contributed by atoms with Crippen molar-refractivity contribution in [3.05, 3.63) is 0 Å². The number of carbonyl (C=O) groups excluding carboxylic acids is 1. The first-order valence-electron chi connectivity index (χ1n) is 12.0. The predicted molar refractivity (Wildman–Crippen MR) is 123 cm³/mol. The molecule has 1 saturated heterocycles. The van der Waals surface area contributed by atoms with Crippen LogP contribution in [-0.4, -0.2) is 53.8 Å². The highest BCUT2D eigenvalue weighted by Crippen LogP contribution is 2.32. The Kier molecular flexibility index (Phi) is 11.6. The van der Waals surface area contributed by atoms with Crippen LogP contribution in [0.4, 0.5) is 4.79 Å². The van der Waals surface area contributed by atoms with Gasteiger partial charge in [0.05, 0.1) is 7.11 Å². The molecule has 0 radical (unpaired) electrons. The Bertz CT molecular complexity index is 449. The van der Waals surface area contributed by atoms with Crippen LogP contribution in [0.2, 0.25) is 0 Å². The molecule has 0 atom stereocenters. The molecular weight excluding hydrogens is 362 g/mol. The summed E-state index contributed by atoms with van der Waals surface area (Å²) in [6, 6.07) is 0.229. The van der Waals surface area contributed by atoms with Crippen LogP contribution in [0.25, 0.3) is 0 Å². The van der Waals surface area contributed by atoms with Crippen LogP contribution < -0.4 is 5.32 Å². The summed E-state index contributed by atoms with van der Waals surface area (Å²) < 4.78 is 0. The molecule has 0 unspecified atom stereocenters. The van der Waals surface area contributed by atoms with Crippen LogP contribution in [0.5, 0.6) is 0 Å². The Hall–Kier alpha value is -0.810. The van der Waals surface area contributed by atoms with Crippen molar-refractivity contribution < 1.29 is 9.63 Å². The lowest BCUT2D eigenvalue weighted by molar-refractivity contribution is -0.0824. The molecule has 0 spiro atoms. The molecule has 29 heavy (non-hydrogen) atoms. The second-order valence-electron chi connectivity index (χ2n) is 10.3. The zero-order valence-corrected chi connectivity index (χ0v) is 20.5. The second-order valence-corrected chi connectivity index (χ2v) is 10.3. The third kappa shape index (κ3) is 10.2. The molecule has 1 fully saturated rings. The van der Waals surface area contributed by atoms with Gasteiger partial charge in [-0.05, 0) is 47.0 Å². The fourth-order valence-corrected chi connectivity index (χ4v) is 4.95. The average Bonchev–Trinajstić information content (AvgIpc) is 2.62. The Morgan fingerprint density at radius 1 is 0.897 bits per heavy atom. The van der Waals surface area contributed by atoms with Crippen molar-refractivity contribution in [3.8, 4) is 0 Å². The second kappa shape index (κ2) is 12.8. The van der Waals surface area contributed by atoms with E-state index in [-0.39, 0.29) is 23.2 Å². The Morgan fingerprint density at radius 2 is 1.34 bits per heavy atom. The predicted octanol–water partition coefficient (Wildman–Crippen LogP) is 6.13. The van der Waals surface area contributed by atoms with E-state index in [0.717, 1.165) is 25.8 Å². The van der Waals surface area contributed by atoms with Gasteiger partial charge in [-0.1, -0.05) is 64.7 Å². The van der Waals surface area contributed by atoms with Gasteiger partial charge in [-0.25, -0.2) is 9.86 Å². The van der Waals surface area contributed by atoms with E-state index in [1.54, 1.807) is 14.2 Å². The summed E-state index contributed by atoms with van der Waals surface area (Å²) >= 11 is 0. The van der Waals surface area contributed by atoms with E-state index >= 15 is 0 Å². The van der Waals surface area contributed by atoms with Gasteiger partial charge in [0.2, 0.25) is 0 Å². The summed E-state index contributed by atoms with van der Waals surface area (Å²) in [6.07, 6.45) is 15.0. The van der Waals surface area contributed by atoms with Gasteiger partial charge < -0.3 is 10.2 Å². The van der Waals surface area contributed by atoms with Gasteiger partial charge in [0.25, 0.3) is 0 Å². The van der Waals surface area contributed by atoms with Crippen molar-refractivity contribution in [2.45, 2.75) is 129 Å². The number of carbonyl (C=O) groups is 1. The molecule has 1 aliphatic heterocycles. The number of unbranched alkanes of at least 4 members (excludes halogenated alkanes) is 9. The van der Waals surface area contributed by atoms with E-state index in [0.29, 0.717) is 0 Å². The third-order valence-corrected chi connectivity index (χ3v) is 6.15. The fourth-order valence-electron chi connectivity index (χ4n) is 4.95. The molecule has 1 N–H and O–H groups in total. The van der Waals surface area contributed by atoms with Crippen LogP contribution in [0.1, 0.15) is 112 Å². The molecule has 1 aliphatic rings. The van der Waals surface area contributed by atoms with Gasteiger partial charge in [0.1, 0.15) is 0 Å². The third-order valence-electron chi connectivity index (χ3n) is 6.15. The summed E-state index contributed by atoms with van der Waals surface area (Å²) in [4.78, 5) is 20.3. The van der Waals surface area contributed by atoms with Gasteiger partial charge in [-0.15, -0.1) is 0 Å². The number of piperidine rings is 1. The maximum atomic E-state index is 13.0. The van der Waals surface area contributed by atoms with Gasteiger partial charge in [0.15, 0.2) is 0 Å². The van der Waals surface area contributed by atoms with Crippen molar-refractivity contribution in [2.24, 2.45) is 0 Å². The highest BCUT2D eigenvalue weighted by Gasteiger charge is 2.41. The van der Waals surface area contributed by atoms with E-state index < -0.39 is 0 Å². The first kappa shape index (κ1) is 26.2. The molecule has 172 valence electrons. The molecular formula is C24H49N3O2. The number of hydroxylamine groups is 2. The standard InChI is InChI=1S/C24H49N3O2/c1-8-9-10-11-12-13-14-15-16-17-18-27(22(28)26(6)29-7)21-19-23(2,3)25-24(4,5)20-21/h21,25H,8-20H2,1-7H3. The first-order valence-corrected chi connectivity index (χ1v) is 12.0. The van der Waals surface area contributed by atoms with Gasteiger partial charge in [-0.2, -0.15) is 0 Å². The molecule has 1 heterocycles. The SMILES string of the molecule is CCCCCCCCCCCCN(C(=O)N(C)OC)C1CC(C)(C)NC(C)(C)C1. The minimum atomic E-state index is -0.0121. The van der Waals surface area contributed by atoms with E-state index in [2.05, 4.69) is 44.8 Å². The number of nitrogens with zero attached hydrogens (tertiary/aromatic N) is 2. The summed E-state index contributed by atoms with van der Waals surface area (Å²) in [7, 11) is 3.28. The van der Waals surface area contributed by atoms with Gasteiger partial charge in [0, 0.05) is 30.7 Å². The number of rotatable bonds is 13. The van der Waals surface area contributed by atoms with Gasteiger partial charge in [-0.3, -0.25) is 4.84 Å². The molecule has 0 aromatic rings. The van der Waals surface area contributed by atoms with Crippen molar-refractivity contribution >= 4 is 6.03 Å². The summed E-state index contributed by atoms with van der Waals surface area (Å²) in [5.74, 6) is 0. The molecule has 0 saturated carbocycles. The van der Waals surface area contributed by atoms with E-state index in [4.69, 9.17) is 4.84 Å². The van der Waals surface area contributed by atoms with Crippen LogP contribution in [-0.2, 0) is 4.84 Å². The highest BCUT2D eigenvalue weighted by molar-refractivity contribution is 5.73. The monoisotopic (exact) mass is 411 g/mol. The molecule has 2 amide bonds. The first-order chi connectivity index (χ1) is 13.6. The topological polar surface area (TPSA) is 44.8 Å². The van der Waals surface area contributed by atoms with Crippen LogP contribution in [0, 0.1) is 0 Å².